The van der Waals surface area contributed by atoms with Crippen molar-refractivity contribution >= 4 is 5.91 Å². The van der Waals surface area contributed by atoms with Crippen LogP contribution in [0.5, 0.6) is 0 Å². The third-order valence-corrected chi connectivity index (χ3v) is 2.09. The quantitative estimate of drug-likeness (QED) is 0.718. The van der Waals surface area contributed by atoms with Crippen LogP contribution in [0.25, 0.3) is 0 Å². The summed E-state index contributed by atoms with van der Waals surface area (Å²) in [7, 11) is 1.72. The summed E-state index contributed by atoms with van der Waals surface area (Å²) in [6.07, 6.45) is 4.84. The van der Waals surface area contributed by atoms with Crippen molar-refractivity contribution in [2.45, 2.75) is 13.1 Å². The maximum atomic E-state index is 11.7. The smallest absolute Gasteiger partial charge is 0.244 e. The van der Waals surface area contributed by atoms with Gasteiger partial charge in [0.25, 0.3) is 0 Å². The van der Waals surface area contributed by atoms with Crippen molar-refractivity contribution < 1.29 is 4.79 Å². The van der Waals surface area contributed by atoms with Crippen LogP contribution in [0.15, 0.2) is 18.7 Å². The Bertz CT molecular complexity index is 435. The molecule has 0 bridgehead atoms. The molecule has 0 saturated heterocycles. The minimum absolute atomic E-state index is 0.0616. The monoisotopic (exact) mass is 221 g/mol. The van der Waals surface area contributed by atoms with Crippen molar-refractivity contribution in [1.29, 1.82) is 0 Å². The highest BCUT2D eigenvalue weighted by Crippen LogP contribution is 2.00. The molecule has 1 amide bonds. The van der Waals surface area contributed by atoms with Crippen LogP contribution in [0.3, 0.4) is 0 Å². The number of aromatic nitrogens is 6. The summed E-state index contributed by atoms with van der Waals surface area (Å²) < 4.78 is 1.38. The molecular weight excluding hydrogens is 210 g/mol. The first-order valence-electron chi connectivity index (χ1n) is 4.68. The summed E-state index contributed by atoms with van der Waals surface area (Å²) in [5, 5.41) is 17.0. The van der Waals surface area contributed by atoms with Gasteiger partial charge in [0.1, 0.15) is 12.9 Å². The van der Waals surface area contributed by atoms with E-state index >= 15 is 0 Å². The molecule has 2 aromatic heterocycles. The predicted molar refractivity (Wildman–Crippen MR) is 52.9 cm³/mol. The Labute approximate surface area is 91.3 Å². The van der Waals surface area contributed by atoms with Crippen molar-refractivity contribution in [2.24, 2.45) is 0 Å². The number of hydrogen-bond donors (Lipinski definition) is 1. The van der Waals surface area contributed by atoms with Gasteiger partial charge in [-0.25, -0.2) is 4.68 Å². The van der Waals surface area contributed by atoms with Crippen LogP contribution in [-0.2, 0) is 17.9 Å². The highest BCUT2D eigenvalue weighted by Gasteiger charge is 2.10. The van der Waals surface area contributed by atoms with Gasteiger partial charge < -0.3 is 4.90 Å². The first-order valence-corrected chi connectivity index (χ1v) is 4.68. The summed E-state index contributed by atoms with van der Waals surface area (Å²) in [5.74, 6) is -0.0616. The van der Waals surface area contributed by atoms with Crippen molar-refractivity contribution in [1.82, 2.24) is 35.3 Å². The van der Waals surface area contributed by atoms with Gasteiger partial charge in [-0.2, -0.15) is 5.10 Å². The van der Waals surface area contributed by atoms with Gasteiger partial charge in [-0.3, -0.25) is 9.89 Å². The van der Waals surface area contributed by atoms with Crippen LogP contribution in [0.1, 0.15) is 5.56 Å². The Morgan fingerprint density at radius 3 is 3.12 bits per heavy atom. The molecule has 0 unspecified atom stereocenters. The number of likely N-dealkylation sites (N-methyl/N-ethyl adjacent to an activating group) is 1. The van der Waals surface area contributed by atoms with Gasteiger partial charge in [0.05, 0.1) is 6.20 Å². The molecule has 2 rings (SSSR count). The second-order valence-electron chi connectivity index (χ2n) is 3.36. The molecule has 0 aromatic carbocycles. The van der Waals surface area contributed by atoms with Crippen LogP contribution in [0, 0.1) is 0 Å². The molecule has 2 aromatic rings. The van der Waals surface area contributed by atoms with Gasteiger partial charge in [0, 0.05) is 25.4 Å². The van der Waals surface area contributed by atoms with Crippen molar-refractivity contribution in [3.05, 3.63) is 24.3 Å². The van der Waals surface area contributed by atoms with E-state index in [1.54, 1.807) is 24.3 Å². The molecule has 84 valence electrons. The zero-order valence-electron chi connectivity index (χ0n) is 8.74. The third-order valence-electron chi connectivity index (χ3n) is 2.09. The van der Waals surface area contributed by atoms with Crippen LogP contribution in [0.2, 0.25) is 0 Å². The number of carbonyl (C=O) groups is 1. The topological polar surface area (TPSA) is 92.6 Å². The predicted octanol–water partition coefficient (Wildman–Crippen LogP) is -0.945. The summed E-state index contributed by atoms with van der Waals surface area (Å²) in [4.78, 5) is 13.3. The van der Waals surface area contributed by atoms with E-state index in [4.69, 9.17) is 0 Å². The van der Waals surface area contributed by atoms with Crippen molar-refractivity contribution in [2.75, 3.05) is 7.05 Å². The lowest BCUT2D eigenvalue weighted by atomic mass is 10.3. The molecule has 0 aliphatic rings. The Kier molecular flexibility index (Phi) is 2.90. The summed E-state index contributed by atoms with van der Waals surface area (Å²) in [6.45, 7) is 0.652. The maximum absolute atomic E-state index is 11.7. The van der Waals surface area contributed by atoms with Crippen molar-refractivity contribution in [3.8, 4) is 0 Å². The minimum Gasteiger partial charge on any atom is -0.340 e. The molecule has 1 N–H and O–H groups in total. The largest absolute Gasteiger partial charge is 0.340 e. The molecule has 0 spiro atoms. The van der Waals surface area contributed by atoms with Crippen LogP contribution in [-0.4, -0.2) is 48.3 Å². The number of H-pyrrole nitrogens is 1. The highest BCUT2D eigenvalue weighted by atomic mass is 16.2. The second kappa shape index (κ2) is 4.51. The van der Waals surface area contributed by atoms with E-state index in [0.29, 0.717) is 6.54 Å². The Morgan fingerprint density at radius 2 is 2.50 bits per heavy atom. The number of hydrogen-bond acceptors (Lipinski definition) is 5. The van der Waals surface area contributed by atoms with E-state index in [0.717, 1.165) is 5.56 Å². The van der Waals surface area contributed by atoms with Gasteiger partial charge in [0.2, 0.25) is 5.91 Å². The van der Waals surface area contributed by atoms with Crippen LogP contribution < -0.4 is 0 Å². The Hall–Kier alpha value is -2.25. The zero-order chi connectivity index (χ0) is 11.4. The van der Waals surface area contributed by atoms with Crippen LogP contribution in [0.4, 0.5) is 0 Å². The lowest BCUT2D eigenvalue weighted by Gasteiger charge is -2.15. The van der Waals surface area contributed by atoms with E-state index in [1.807, 2.05) is 0 Å². The van der Waals surface area contributed by atoms with E-state index in [9.17, 15) is 4.79 Å². The molecule has 0 atom stereocenters. The molecule has 8 nitrogen and oxygen atoms in total. The minimum atomic E-state index is -0.0616. The first-order chi connectivity index (χ1) is 7.75. The SMILES string of the molecule is CN(Cc1cn[nH]c1)C(=O)Cn1cnnn1. The number of nitrogens with zero attached hydrogens (tertiary/aromatic N) is 6. The lowest BCUT2D eigenvalue weighted by Crippen LogP contribution is -2.29. The lowest BCUT2D eigenvalue weighted by molar-refractivity contribution is -0.131. The number of amides is 1. The number of tetrazole rings is 1. The normalized spacial score (nSPS) is 10.3. The average Bonchev–Trinajstić information content (AvgIpc) is 2.90. The van der Waals surface area contributed by atoms with E-state index < -0.39 is 0 Å². The molecular formula is C8H11N7O. The summed E-state index contributed by atoms with van der Waals surface area (Å²) in [6, 6.07) is 0. The fourth-order valence-electron chi connectivity index (χ4n) is 1.24. The highest BCUT2D eigenvalue weighted by molar-refractivity contribution is 5.75. The molecule has 16 heavy (non-hydrogen) atoms. The fourth-order valence-corrected chi connectivity index (χ4v) is 1.24. The molecule has 8 heteroatoms. The molecule has 0 fully saturated rings. The van der Waals surface area contributed by atoms with E-state index in [1.165, 1.54) is 11.0 Å². The fraction of sp³-hybridized carbons (Fsp3) is 0.375. The van der Waals surface area contributed by atoms with Crippen LogP contribution >= 0.6 is 0 Å². The molecule has 0 radical (unpaired) electrons. The first kappa shape index (κ1) is 10.3. The van der Waals surface area contributed by atoms with E-state index in [2.05, 4.69) is 25.7 Å². The Morgan fingerprint density at radius 1 is 1.62 bits per heavy atom. The average molecular weight is 221 g/mol. The third kappa shape index (κ3) is 2.41. The summed E-state index contributed by atoms with van der Waals surface area (Å²) in [5.41, 5.74) is 0.951. The number of carbonyl (C=O) groups excluding carboxylic acids is 1. The number of nitrogens with one attached hydrogen (secondary N) is 1. The molecule has 0 saturated carbocycles. The second-order valence-corrected chi connectivity index (χ2v) is 3.36. The Balaban J connectivity index is 1.90. The van der Waals surface area contributed by atoms with E-state index in [-0.39, 0.29) is 12.5 Å². The van der Waals surface area contributed by atoms with Gasteiger partial charge in [-0.05, 0) is 10.4 Å². The molecule has 0 aliphatic heterocycles. The molecule has 0 aliphatic carbocycles. The molecule has 2 heterocycles. The van der Waals surface area contributed by atoms with Crippen molar-refractivity contribution in [3.63, 3.8) is 0 Å². The number of aromatic amines is 1. The van der Waals surface area contributed by atoms with Gasteiger partial charge in [-0.15, -0.1) is 5.10 Å². The number of rotatable bonds is 4. The standard InChI is InChI=1S/C8H11N7O/c1-14(4-7-2-9-10-3-7)8(16)5-15-6-11-12-13-15/h2-3,6H,4-5H2,1H3,(H,9,10). The summed E-state index contributed by atoms with van der Waals surface area (Å²) >= 11 is 0. The van der Waals surface area contributed by atoms with Gasteiger partial charge in [0.15, 0.2) is 0 Å². The maximum Gasteiger partial charge on any atom is 0.244 e. The van der Waals surface area contributed by atoms with Gasteiger partial charge >= 0.3 is 0 Å². The van der Waals surface area contributed by atoms with Gasteiger partial charge in [-0.1, -0.05) is 0 Å². The zero-order valence-corrected chi connectivity index (χ0v) is 8.74.